The monoisotopic (exact) mass is 297 g/mol. The summed E-state index contributed by atoms with van der Waals surface area (Å²) in [6.07, 6.45) is -7.14. The molecule has 1 aromatic carbocycles. The highest BCUT2D eigenvalue weighted by molar-refractivity contribution is 5.75. The second-order valence-electron chi connectivity index (χ2n) is 3.92. The Morgan fingerprint density at radius 1 is 1.40 bits per heavy atom. The zero-order chi connectivity index (χ0) is 15.5. The molecule has 3 nitrogen and oxygen atoms in total. The zero-order valence-electron chi connectivity index (χ0n) is 10.4. The van der Waals surface area contributed by atoms with Gasteiger partial charge in [0.1, 0.15) is 5.82 Å². The minimum atomic E-state index is -4.86. The number of benzene rings is 1. The molecule has 1 unspecified atom stereocenters. The largest absolute Gasteiger partial charge is 0.464 e. The molecule has 0 aliphatic heterocycles. The SMILES string of the molecule is CCOC(=O)C(F)[C@@H](N)c1ccc(C(F)(F)F)c(F)c1. The van der Waals surface area contributed by atoms with E-state index in [2.05, 4.69) is 4.74 Å². The molecule has 0 saturated heterocycles. The molecule has 0 aliphatic rings. The summed E-state index contributed by atoms with van der Waals surface area (Å²) in [6.45, 7) is 1.38. The molecule has 20 heavy (non-hydrogen) atoms. The quantitative estimate of drug-likeness (QED) is 0.687. The molecule has 2 N–H and O–H groups in total. The molecule has 2 atom stereocenters. The molecule has 112 valence electrons. The van der Waals surface area contributed by atoms with Gasteiger partial charge < -0.3 is 10.5 Å². The molecule has 1 rings (SSSR count). The number of halogens is 5. The maximum Gasteiger partial charge on any atom is 0.419 e. The van der Waals surface area contributed by atoms with Crippen molar-refractivity contribution in [1.82, 2.24) is 0 Å². The van der Waals surface area contributed by atoms with Gasteiger partial charge in [-0.3, -0.25) is 0 Å². The Morgan fingerprint density at radius 3 is 2.45 bits per heavy atom. The lowest BCUT2D eigenvalue weighted by Crippen LogP contribution is -2.31. The van der Waals surface area contributed by atoms with Crippen molar-refractivity contribution < 1.29 is 31.5 Å². The van der Waals surface area contributed by atoms with Gasteiger partial charge in [-0.05, 0) is 24.6 Å². The number of ether oxygens (including phenoxy) is 1. The first-order chi connectivity index (χ1) is 9.18. The molecule has 0 bridgehead atoms. The summed E-state index contributed by atoms with van der Waals surface area (Å²) in [5.74, 6) is -2.83. The van der Waals surface area contributed by atoms with E-state index in [1.165, 1.54) is 6.92 Å². The predicted octanol–water partition coefficient (Wildman–Crippen LogP) is 2.75. The summed E-state index contributed by atoms with van der Waals surface area (Å²) in [5.41, 5.74) is 3.62. The Labute approximate surface area is 111 Å². The van der Waals surface area contributed by atoms with Gasteiger partial charge >= 0.3 is 12.1 Å². The Morgan fingerprint density at radius 2 is 2.00 bits per heavy atom. The van der Waals surface area contributed by atoms with Gasteiger partial charge in [0.2, 0.25) is 6.17 Å². The first kappa shape index (κ1) is 16.4. The average Bonchev–Trinajstić information content (AvgIpc) is 2.35. The van der Waals surface area contributed by atoms with E-state index in [0.29, 0.717) is 12.1 Å². The maximum absolute atomic E-state index is 13.6. The molecule has 0 saturated carbocycles. The van der Waals surface area contributed by atoms with Crippen LogP contribution in [0.15, 0.2) is 18.2 Å². The van der Waals surface area contributed by atoms with Gasteiger partial charge in [0.15, 0.2) is 0 Å². The number of alkyl halides is 4. The number of carbonyl (C=O) groups excluding carboxylic acids is 1. The fraction of sp³-hybridized carbons (Fsp3) is 0.417. The standard InChI is InChI=1S/C12H12F5NO2/c1-2-20-11(19)9(14)10(18)6-3-4-7(8(13)5-6)12(15,16)17/h3-5,9-10H,2,18H2,1H3/t9?,10-/m0/s1. The van der Waals surface area contributed by atoms with E-state index in [9.17, 15) is 26.7 Å². The van der Waals surface area contributed by atoms with Crippen molar-refractivity contribution in [3.05, 3.63) is 35.1 Å². The lowest BCUT2D eigenvalue weighted by Gasteiger charge is -2.17. The van der Waals surface area contributed by atoms with Crippen LogP contribution < -0.4 is 5.73 Å². The van der Waals surface area contributed by atoms with Crippen molar-refractivity contribution in [2.24, 2.45) is 5.73 Å². The number of esters is 1. The number of rotatable bonds is 4. The summed E-state index contributed by atoms with van der Waals surface area (Å²) in [4.78, 5) is 11.1. The zero-order valence-corrected chi connectivity index (χ0v) is 10.4. The molecular formula is C12H12F5NO2. The normalized spacial score (nSPS) is 14.8. The first-order valence-electron chi connectivity index (χ1n) is 5.61. The Kier molecular flexibility index (Phi) is 5.04. The highest BCUT2D eigenvalue weighted by Crippen LogP contribution is 2.32. The van der Waals surface area contributed by atoms with Gasteiger partial charge in [0.25, 0.3) is 0 Å². The third kappa shape index (κ3) is 3.66. The summed E-state index contributed by atoms with van der Waals surface area (Å²) in [5, 5.41) is 0. The van der Waals surface area contributed by atoms with Crippen LogP contribution in [-0.4, -0.2) is 18.7 Å². The van der Waals surface area contributed by atoms with E-state index in [-0.39, 0.29) is 12.2 Å². The van der Waals surface area contributed by atoms with Crippen LogP contribution in [0.5, 0.6) is 0 Å². The molecule has 0 heterocycles. The second-order valence-corrected chi connectivity index (χ2v) is 3.92. The summed E-state index contributed by atoms with van der Waals surface area (Å²) in [7, 11) is 0. The minimum absolute atomic E-state index is 0.0760. The van der Waals surface area contributed by atoms with Gasteiger partial charge in [-0.2, -0.15) is 13.2 Å². The molecule has 8 heteroatoms. The molecule has 0 amide bonds. The van der Waals surface area contributed by atoms with Crippen LogP contribution in [0.4, 0.5) is 22.0 Å². The molecule has 1 aromatic rings. The summed E-state index contributed by atoms with van der Waals surface area (Å²) < 4.78 is 68.3. The first-order valence-corrected chi connectivity index (χ1v) is 5.61. The number of carbonyl (C=O) groups is 1. The van der Waals surface area contributed by atoms with Crippen molar-refractivity contribution >= 4 is 5.97 Å². The van der Waals surface area contributed by atoms with Crippen LogP contribution >= 0.6 is 0 Å². The van der Waals surface area contributed by atoms with Crippen LogP contribution in [-0.2, 0) is 15.7 Å². The summed E-state index contributed by atoms with van der Waals surface area (Å²) in [6, 6.07) is 0.121. The summed E-state index contributed by atoms with van der Waals surface area (Å²) >= 11 is 0. The molecule has 0 aromatic heterocycles. The second kappa shape index (κ2) is 6.17. The van der Waals surface area contributed by atoms with Gasteiger partial charge in [-0.15, -0.1) is 0 Å². The van der Waals surface area contributed by atoms with Gasteiger partial charge in [0.05, 0.1) is 18.2 Å². The highest BCUT2D eigenvalue weighted by atomic mass is 19.4. The maximum atomic E-state index is 13.6. The molecular weight excluding hydrogens is 285 g/mol. The smallest absolute Gasteiger partial charge is 0.419 e. The third-order valence-corrected chi connectivity index (χ3v) is 2.51. The van der Waals surface area contributed by atoms with Crippen molar-refractivity contribution in [2.75, 3.05) is 6.61 Å². The van der Waals surface area contributed by atoms with E-state index in [4.69, 9.17) is 5.73 Å². The van der Waals surface area contributed by atoms with Gasteiger partial charge in [0, 0.05) is 0 Å². The van der Waals surface area contributed by atoms with Gasteiger partial charge in [-0.1, -0.05) is 6.07 Å². The van der Waals surface area contributed by atoms with E-state index >= 15 is 0 Å². The minimum Gasteiger partial charge on any atom is -0.464 e. The predicted molar refractivity (Wildman–Crippen MR) is 59.9 cm³/mol. The van der Waals surface area contributed by atoms with E-state index in [1.807, 2.05) is 0 Å². The van der Waals surface area contributed by atoms with Crippen LogP contribution in [0.25, 0.3) is 0 Å². The molecule has 0 aliphatic carbocycles. The van der Waals surface area contributed by atoms with E-state index in [0.717, 1.165) is 6.07 Å². The van der Waals surface area contributed by atoms with E-state index < -0.39 is 35.7 Å². The fourth-order valence-corrected chi connectivity index (χ4v) is 1.51. The van der Waals surface area contributed by atoms with Crippen molar-refractivity contribution in [2.45, 2.75) is 25.3 Å². The topological polar surface area (TPSA) is 52.3 Å². The van der Waals surface area contributed by atoms with Crippen LogP contribution in [0.2, 0.25) is 0 Å². The van der Waals surface area contributed by atoms with Crippen LogP contribution in [0.3, 0.4) is 0 Å². The lowest BCUT2D eigenvalue weighted by atomic mass is 10.0. The van der Waals surface area contributed by atoms with Crippen LogP contribution in [0.1, 0.15) is 24.1 Å². The Hall–Kier alpha value is -1.70. The average molecular weight is 297 g/mol. The number of nitrogens with two attached hydrogens (primary N) is 1. The molecule has 0 radical (unpaired) electrons. The Bertz CT molecular complexity index is 489. The van der Waals surface area contributed by atoms with E-state index in [1.54, 1.807) is 0 Å². The van der Waals surface area contributed by atoms with Crippen molar-refractivity contribution in [3.63, 3.8) is 0 Å². The van der Waals surface area contributed by atoms with Crippen molar-refractivity contribution in [1.29, 1.82) is 0 Å². The van der Waals surface area contributed by atoms with Crippen LogP contribution in [0, 0.1) is 5.82 Å². The Balaban J connectivity index is 2.98. The lowest BCUT2D eigenvalue weighted by molar-refractivity contribution is -0.150. The number of hydrogen-bond acceptors (Lipinski definition) is 3. The highest BCUT2D eigenvalue weighted by Gasteiger charge is 2.35. The molecule has 0 fully saturated rings. The molecule has 0 spiro atoms. The fourth-order valence-electron chi connectivity index (χ4n) is 1.51. The van der Waals surface area contributed by atoms with Crippen molar-refractivity contribution in [3.8, 4) is 0 Å². The van der Waals surface area contributed by atoms with Gasteiger partial charge in [-0.25, -0.2) is 13.6 Å². The third-order valence-electron chi connectivity index (χ3n) is 2.51. The number of hydrogen-bond donors (Lipinski definition) is 1.